The molecule has 1 aromatic rings. The number of benzene rings is 1. The maximum absolute atomic E-state index is 13.4. The molecule has 94 valence electrons. The molecule has 0 aliphatic rings. The highest BCUT2D eigenvalue weighted by molar-refractivity contribution is 6.31. The minimum Gasteiger partial charge on any atom is -0.299 e. The van der Waals surface area contributed by atoms with E-state index >= 15 is 0 Å². The van der Waals surface area contributed by atoms with E-state index in [1.54, 1.807) is 12.1 Å². The van der Waals surface area contributed by atoms with Gasteiger partial charge in [-0.1, -0.05) is 38.4 Å². The zero-order chi connectivity index (χ0) is 13.1. The lowest BCUT2D eigenvalue weighted by atomic mass is 9.87. The molecule has 0 saturated carbocycles. The van der Waals surface area contributed by atoms with Crippen molar-refractivity contribution in [3.63, 3.8) is 0 Å². The van der Waals surface area contributed by atoms with E-state index in [4.69, 9.17) is 11.6 Å². The standard InChI is InChI=1S/C14H18ClFO/c1-14(2,3)13(17)9-4-6-10-11(15)7-5-8-12(10)16/h5,7-8H,4,6,9H2,1-3H3. The van der Waals surface area contributed by atoms with Crippen LogP contribution in [-0.2, 0) is 11.2 Å². The summed E-state index contributed by atoms with van der Waals surface area (Å²) in [5.41, 5.74) is 0.190. The van der Waals surface area contributed by atoms with Gasteiger partial charge >= 0.3 is 0 Å². The molecule has 17 heavy (non-hydrogen) atoms. The Balaban J connectivity index is 2.55. The van der Waals surface area contributed by atoms with Crippen molar-refractivity contribution in [2.24, 2.45) is 5.41 Å². The fourth-order valence-electron chi connectivity index (χ4n) is 1.57. The van der Waals surface area contributed by atoms with E-state index in [1.165, 1.54) is 6.07 Å². The van der Waals surface area contributed by atoms with Crippen molar-refractivity contribution in [3.05, 3.63) is 34.6 Å². The topological polar surface area (TPSA) is 17.1 Å². The van der Waals surface area contributed by atoms with Crippen LogP contribution in [0.3, 0.4) is 0 Å². The van der Waals surface area contributed by atoms with Gasteiger partial charge in [0.25, 0.3) is 0 Å². The predicted octanol–water partition coefficient (Wildman–Crippen LogP) is 4.42. The summed E-state index contributed by atoms with van der Waals surface area (Å²) in [4.78, 5) is 11.7. The van der Waals surface area contributed by atoms with E-state index in [9.17, 15) is 9.18 Å². The minimum atomic E-state index is -0.320. The molecule has 0 heterocycles. The SMILES string of the molecule is CC(C)(C)C(=O)CCCc1c(F)cccc1Cl. The largest absolute Gasteiger partial charge is 0.299 e. The first kappa shape index (κ1) is 14.2. The van der Waals surface area contributed by atoms with E-state index in [-0.39, 0.29) is 17.0 Å². The molecule has 0 amide bonds. The summed E-state index contributed by atoms with van der Waals surface area (Å²) in [6.45, 7) is 5.68. The maximum atomic E-state index is 13.4. The molecule has 0 unspecified atom stereocenters. The van der Waals surface area contributed by atoms with Crippen LogP contribution in [0.5, 0.6) is 0 Å². The van der Waals surface area contributed by atoms with Crippen LogP contribution >= 0.6 is 11.6 Å². The van der Waals surface area contributed by atoms with Gasteiger partial charge in [0.05, 0.1) is 0 Å². The first-order valence-corrected chi connectivity index (χ1v) is 6.16. The summed E-state index contributed by atoms with van der Waals surface area (Å²) in [5, 5.41) is 0.438. The van der Waals surface area contributed by atoms with Crippen molar-refractivity contribution in [2.75, 3.05) is 0 Å². The third-order valence-corrected chi connectivity index (χ3v) is 3.08. The fraction of sp³-hybridized carbons (Fsp3) is 0.500. The summed E-state index contributed by atoms with van der Waals surface area (Å²) >= 11 is 5.91. The van der Waals surface area contributed by atoms with Gasteiger partial charge in [-0.2, -0.15) is 0 Å². The monoisotopic (exact) mass is 256 g/mol. The minimum absolute atomic E-state index is 0.199. The second-order valence-electron chi connectivity index (χ2n) is 5.23. The van der Waals surface area contributed by atoms with Crippen molar-refractivity contribution in [2.45, 2.75) is 40.0 Å². The Labute approximate surface area is 107 Å². The molecular formula is C14H18ClFO. The second kappa shape index (κ2) is 5.63. The number of Topliss-reactive ketones (excluding diaryl/α,β-unsaturated/α-hetero) is 1. The number of carbonyl (C=O) groups excluding carboxylic acids is 1. The highest BCUT2D eigenvalue weighted by Crippen LogP contribution is 2.23. The average molecular weight is 257 g/mol. The molecular weight excluding hydrogens is 239 g/mol. The highest BCUT2D eigenvalue weighted by atomic mass is 35.5. The molecule has 3 heteroatoms. The predicted molar refractivity (Wildman–Crippen MR) is 68.8 cm³/mol. The van der Waals surface area contributed by atoms with Crippen molar-refractivity contribution < 1.29 is 9.18 Å². The normalized spacial score (nSPS) is 11.6. The van der Waals surface area contributed by atoms with Gasteiger partial charge in [-0.05, 0) is 25.0 Å². The van der Waals surface area contributed by atoms with Crippen LogP contribution in [0, 0.1) is 11.2 Å². The third-order valence-electron chi connectivity index (χ3n) is 2.73. The van der Waals surface area contributed by atoms with Crippen LogP contribution in [0.25, 0.3) is 0 Å². The smallest absolute Gasteiger partial charge is 0.138 e. The molecule has 0 N–H and O–H groups in total. The molecule has 0 fully saturated rings. The Morgan fingerprint density at radius 3 is 2.53 bits per heavy atom. The van der Waals surface area contributed by atoms with Gasteiger partial charge in [0.15, 0.2) is 0 Å². The molecule has 0 atom stereocenters. The first-order valence-electron chi connectivity index (χ1n) is 5.78. The molecule has 1 aromatic carbocycles. The van der Waals surface area contributed by atoms with Crippen LogP contribution < -0.4 is 0 Å². The van der Waals surface area contributed by atoms with E-state index < -0.39 is 0 Å². The number of ketones is 1. The first-order chi connectivity index (χ1) is 7.82. The summed E-state index contributed by atoms with van der Waals surface area (Å²) < 4.78 is 13.4. The Morgan fingerprint density at radius 1 is 1.35 bits per heavy atom. The van der Waals surface area contributed by atoms with Gasteiger partial charge in [0, 0.05) is 22.4 Å². The van der Waals surface area contributed by atoms with Crippen LogP contribution in [0.1, 0.15) is 39.2 Å². The van der Waals surface area contributed by atoms with E-state index in [1.807, 2.05) is 20.8 Å². The van der Waals surface area contributed by atoms with Crippen LogP contribution in [0.15, 0.2) is 18.2 Å². The van der Waals surface area contributed by atoms with Crippen LogP contribution in [-0.4, -0.2) is 5.78 Å². The Hall–Kier alpha value is -0.890. The maximum Gasteiger partial charge on any atom is 0.138 e. The Bertz CT molecular complexity index is 387. The molecule has 0 aromatic heterocycles. The van der Waals surface area contributed by atoms with Crippen molar-refractivity contribution in [3.8, 4) is 0 Å². The number of hydrogen-bond acceptors (Lipinski definition) is 1. The van der Waals surface area contributed by atoms with Gasteiger partial charge in [-0.15, -0.1) is 0 Å². The molecule has 1 rings (SSSR count). The molecule has 0 radical (unpaired) electrons. The van der Waals surface area contributed by atoms with Crippen LogP contribution in [0.4, 0.5) is 4.39 Å². The van der Waals surface area contributed by atoms with E-state index in [2.05, 4.69) is 0 Å². The molecule has 0 spiro atoms. The second-order valence-corrected chi connectivity index (χ2v) is 5.63. The zero-order valence-electron chi connectivity index (χ0n) is 10.5. The number of rotatable bonds is 4. The summed E-state index contributed by atoms with van der Waals surface area (Å²) in [7, 11) is 0. The van der Waals surface area contributed by atoms with Gasteiger partial charge in [0.1, 0.15) is 11.6 Å². The number of halogens is 2. The fourth-order valence-corrected chi connectivity index (χ4v) is 1.83. The van der Waals surface area contributed by atoms with Gasteiger partial charge in [-0.25, -0.2) is 4.39 Å². The van der Waals surface area contributed by atoms with Crippen molar-refractivity contribution >= 4 is 17.4 Å². The number of carbonyl (C=O) groups is 1. The quantitative estimate of drug-likeness (QED) is 0.780. The molecule has 0 bridgehead atoms. The molecule has 0 aliphatic carbocycles. The average Bonchev–Trinajstić information content (AvgIpc) is 2.20. The highest BCUT2D eigenvalue weighted by Gasteiger charge is 2.20. The van der Waals surface area contributed by atoms with E-state index in [0.29, 0.717) is 29.8 Å². The zero-order valence-corrected chi connectivity index (χ0v) is 11.3. The Kier molecular flexibility index (Phi) is 4.70. The third kappa shape index (κ3) is 4.12. The van der Waals surface area contributed by atoms with Gasteiger partial charge < -0.3 is 0 Å². The van der Waals surface area contributed by atoms with E-state index in [0.717, 1.165) is 0 Å². The molecule has 0 aliphatic heterocycles. The lowest BCUT2D eigenvalue weighted by Gasteiger charge is -2.16. The summed E-state index contributed by atoms with van der Waals surface area (Å²) in [6.07, 6.45) is 1.61. The molecule has 1 nitrogen and oxygen atoms in total. The van der Waals surface area contributed by atoms with Gasteiger partial charge in [0.2, 0.25) is 0 Å². The number of hydrogen-bond donors (Lipinski definition) is 0. The lowest BCUT2D eigenvalue weighted by Crippen LogP contribution is -2.19. The van der Waals surface area contributed by atoms with Gasteiger partial charge in [-0.3, -0.25) is 4.79 Å². The Morgan fingerprint density at radius 2 is 2.00 bits per heavy atom. The summed E-state index contributed by atoms with van der Waals surface area (Å²) in [6, 6.07) is 4.65. The van der Waals surface area contributed by atoms with Crippen LogP contribution in [0.2, 0.25) is 5.02 Å². The van der Waals surface area contributed by atoms with Crippen molar-refractivity contribution in [1.82, 2.24) is 0 Å². The summed E-state index contributed by atoms with van der Waals surface area (Å²) in [5.74, 6) is -0.0920. The lowest BCUT2D eigenvalue weighted by molar-refractivity contribution is -0.126. The van der Waals surface area contributed by atoms with Crippen molar-refractivity contribution in [1.29, 1.82) is 0 Å². The molecule has 0 saturated heterocycles.